The molecular formula is C19H33IN4O2S. The van der Waals surface area contributed by atoms with Gasteiger partial charge in [0.05, 0.1) is 13.7 Å². The van der Waals surface area contributed by atoms with Gasteiger partial charge in [-0.3, -0.25) is 0 Å². The number of thioether (sulfide) groups is 1. The molecule has 0 unspecified atom stereocenters. The number of halogens is 1. The first kappa shape index (κ1) is 24.2. The molecule has 1 saturated heterocycles. The van der Waals surface area contributed by atoms with Gasteiger partial charge in [-0.1, -0.05) is 19.9 Å². The number of hydrogen-bond donors (Lipinski definition) is 1. The molecule has 1 fully saturated rings. The van der Waals surface area contributed by atoms with Crippen LogP contribution in [0.1, 0.15) is 19.4 Å². The topological polar surface area (TPSA) is 63.3 Å². The molecule has 2 rings (SSSR count). The lowest BCUT2D eigenvalue weighted by Crippen LogP contribution is -2.42. The summed E-state index contributed by atoms with van der Waals surface area (Å²) in [6.45, 7) is 10.4. The SMILES string of the molecule is CCN(CC)CCOc1ccc(CN=C(N)N2CCSCC2)cc1OC.I. The van der Waals surface area contributed by atoms with E-state index in [1.54, 1.807) is 7.11 Å². The highest BCUT2D eigenvalue weighted by Gasteiger charge is 2.12. The Morgan fingerprint density at radius 2 is 1.93 bits per heavy atom. The number of ether oxygens (including phenoxy) is 2. The van der Waals surface area contributed by atoms with Crippen LogP contribution in [0.3, 0.4) is 0 Å². The molecule has 1 aliphatic heterocycles. The molecule has 0 bridgehead atoms. The predicted octanol–water partition coefficient (Wildman–Crippen LogP) is 2.90. The zero-order valence-corrected chi connectivity index (χ0v) is 19.8. The molecule has 0 atom stereocenters. The highest BCUT2D eigenvalue weighted by Crippen LogP contribution is 2.28. The maximum atomic E-state index is 6.12. The Hall–Kier alpha value is -0.870. The second-order valence-corrected chi connectivity index (χ2v) is 7.36. The lowest BCUT2D eigenvalue weighted by Gasteiger charge is -2.27. The maximum absolute atomic E-state index is 6.12. The van der Waals surface area contributed by atoms with Crippen molar-refractivity contribution in [1.82, 2.24) is 9.80 Å². The number of guanidine groups is 1. The van der Waals surface area contributed by atoms with Gasteiger partial charge < -0.3 is 25.0 Å². The first-order chi connectivity index (χ1) is 12.7. The van der Waals surface area contributed by atoms with Gasteiger partial charge in [-0.05, 0) is 30.8 Å². The molecule has 1 heterocycles. The molecule has 1 aliphatic rings. The van der Waals surface area contributed by atoms with Crippen molar-refractivity contribution in [2.45, 2.75) is 20.4 Å². The van der Waals surface area contributed by atoms with Crippen molar-refractivity contribution in [3.63, 3.8) is 0 Å². The van der Waals surface area contributed by atoms with Crippen LogP contribution in [0.4, 0.5) is 0 Å². The highest BCUT2D eigenvalue weighted by molar-refractivity contribution is 14.0. The van der Waals surface area contributed by atoms with Crippen LogP contribution in [-0.4, -0.2) is 73.7 Å². The minimum atomic E-state index is 0. The van der Waals surface area contributed by atoms with E-state index in [0.29, 0.717) is 19.1 Å². The van der Waals surface area contributed by atoms with Gasteiger partial charge in [-0.15, -0.1) is 24.0 Å². The van der Waals surface area contributed by atoms with E-state index in [-0.39, 0.29) is 24.0 Å². The lowest BCUT2D eigenvalue weighted by atomic mass is 10.2. The summed E-state index contributed by atoms with van der Waals surface area (Å²) in [6, 6.07) is 5.97. The Labute approximate surface area is 184 Å². The summed E-state index contributed by atoms with van der Waals surface area (Å²) in [5.41, 5.74) is 7.19. The molecule has 0 saturated carbocycles. The standard InChI is InChI=1S/C19H32N4O2S.HI/c1-4-22(5-2)8-11-25-17-7-6-16(14-18(17)24-3)15-21-19(20)23-9-12-26-13-10-23;/h6-7,14H,4-5,8-13,15H2,1-3H3,(H2,20,21);1H. The van der Waals surface area contributed by atoms with E-state index in [1.165, 1.54) is 0 Å². The third-order valence-electron chi connectivity index (χ3n) is 4.55. The smallest absolute Gasteiger partial charge is 0.191 e. The number of aliphatic imine (C=N–C) groups is 1. The molecule has 1 aromatic rings. The summed E-state index contributed by atoms with van der Waals surface area (Å²) in [4.78, 5) is 9.02. The van der Waals surface area contributed by atoms with Gasteiger partial charge in [0, 0.05) is 31.1 Å². The molecule has 0 aromatic heterocycles. The van der Waals surface area contributed by atoms with Crippen molar-refractivity contribution in [2.75, 3.05) is 57.9 Å². The molecule has 27 heavy (non-hydrogen) atoms. The third kappa shape index (κ3) is 7.95. The summed E-state index contributed by atoms with van der Waals surface area (Å²) in [5.74, 6) is 4.37. The molecule has 0 amide bonds. The lowest BCUT2D eigenvalue weighted by molar-refractivity contribution is 0.217. The summed E-state index contributed by atoms with van der Waals surface area (Å²) in [7, 11) is 1.67. The molecule has 6 nitrogen and oxygen atoms in total. The van der Waals surface area contributed by atoms with Crippen LogP contribution in [0, 0.1) is 0 Å². The number of likely N-dealkylation sites (N-methyl/N-ethyl adjacent to an activating group) is 1. The Morgan fingerprint density at radius 3 is 2.56 bits per heavy atom. The van der Waals surface area contributed by atoms with Gasteiger partial charge in [0.2, 0.25) is 0 Å². The molecule has 8 heteroatoms. The Kier molecular flexibility index (Phi) is 11.9. The van der Waals surface area contributed by atoms with Crippen LogP contribution in [0.15, 0.2) is 23.2 Å². The number of benzene rings is 1. The first-order valence-electron chi connectivity index (χ1n) is 9.32. The second kappa shape index (κ2) is 13.3. The molecule has 0 spiro atoms. The van der Waals surface area contributed by atoms with Crippen LogP contribution in [0.2, 0.25) is 0 Å². The average molecular weight is 508 g/mol. The normalized spacial score (nSPS) is 14.8. The second-order valence-electron chi connectivity index (χ2n) is 6.13. The number of hydrogen-bond acceptors (Lipinski definition) is 5. The Bertz CT molecular complexity index is 579. The summed E-state index contributed by atoms with van der Waals surface area (Å²) in [5, 5.41) is 0. The number of rotatable bonds is 9. The minimum absolute atomic E-state index is 0. The third-order valence-corrected chi connectivity index (χ3v) is 5.49. The van der Waals surface area contributed by atoms with E-state index in [0.717, 1.165) is 61.3 Å². The summed E-state index contributed by atoms with van der Waals surface area (Å²) < 4.78 is 11.4. The number of nitrogens with zero attached hydrogens (tertiary/aromatic N) is 3. The van der Waals surface area contributed by atoms with Crippen LogP contribution in [-0.2, 0) is 6.54 Å². The Morgan fingerprint density at radius 1 is 1.22 bits per heavy atom. The van der Waals surface area contributed by atoms with Crippen molar-refractivity contribution in [3.05, 3.63) is 23.8 Å². The van der Waals surface area contributed by atoms with Gasteiger partial charge in [-0.25, -0.2) is 4.99 Å². The molecular weight excluding hydrogens is 475 g/mol. The fourth-order valence-corrected chi connectivity index (χ4v) is 3.72. The molecule has 154 valence electrons. The number of nitrogens with two attached hydrogens (primary N) is 1. The van der Waals surface area contributed by atoms with Crippen molar-refractivity contribution >= 4 is 41.7 Å². The first-order valence-corrected chi connectivity index (χ1v) is 10.5. The van der Waals surface area contributed by atoms with Crippen LogP contribution in [0.25, 0.3) is 0 Å². The van der Waals surface area contributed by atoms with E-state index in [2.05, 4.69) is 28.6 Å². The Balaban J connectivity index is 0.00000364. The largest absolute Gasteiger partial charge is 0.493 e. The van der Waals surface area contributed by atoms with Gasteiger partial charge in [0.15, 0.2) is 17.5 Å². The summed E-state index contributed by atoms with van der Waals surface area (Å²) in [6.07, 6.45) is 0. The van der Waals surface area contributed by atoms with Crippen LogP contribution < -0.4 is 15.2 Å². The molecule has 2 N–H and O–H groups in total. The van der Waals surface area contributed by atoms with Gasteiger partial charge >= 0.3 is 0 Å². The quantitative estimate of drug-likeness (QED) is 0.315. The molecule has 0 aliphatic carbocycles. The van der Waals surface area contributed by atoms with Gasteiger partial charge in [0.1, 0.15) is 6.61 Å². The monoisotopic (exact) mass is 508 g/mol. The van der Waals surface area contributed by atoms with E-state index in [1.807, 2.05) is 30.0 Å². The molecule has 0 radical (unpaired) electrons. The fraction of sp³-hybridized carbons (Fsp3) is 0.632. The van der Waals surface area contributed by atoms with E-state index in [4.69, 9.17) is 15.2 Å². The minimum Gasteiger partial charge on any atom is -0.493 e. The van der Waals surface area contributed by atoms with Crippen molar-refractivity contribution in [3.8, 4) is 11.5 Å². The van der Waals surface area contributed by atoms with Gasteiger partial charge in [0.25, 0.3) is 0 Å². The number of methoxy groups -OCH3 is 1. The zero-order valence-electron chi connectivity index (χ0n) is 16.6. The predicted molar refractivity (Wildman–Crippen MR) is 126 cm³/mol. The van der Waals surface area contributed by atoms with E-state index < -0.39 is 0 Å². The van der Waals surface area contributed by atoms with E-state index in [9.17, 15) is 0 Å². The highest BCUT2D eigenvalue weighted by atomic mass is 127. The zero-order chi connectivity index (χ0) is 18.8. The van der Waals surface area contributed by atoms with Crippen molar-refractivity contribution in [1.29, 1.82) is 0 Å². The molecule has 1 aromatic carbocycles. The van der Waals surface area contributed by atoms with Crippen LogP contribution >= 0.6 is 35.7 Å². The fourth-order valence-electron chi connectivity index (χ4n) is 2.82. The maximum Gasteiger partial charge on any atom is 0.191 e. The summed E-state index contributed by atoms with van der Waals surface area (Å²) >= 11 is 1.96. The van der Waals surface area contributed by atoms with Gasteiger partial charge in [-0.2, -0.15) is 11.8 Å². The van der Waals surface area contributed by atoms with Crippen molar-refractivity contribution in [2.24, 2.45) is 10.7 Å². The van der Waals surface area contributed by atoms with E-state index >= 15 is 0 Å². The van der Waals surface area contributed by atoms with Crippen LogP contribution in [0.5, 0.6) is 11.5 Å². The van der Waals surface area contributed by atoms with Crippen molar-refractivity contribution < 1.29 is 9.47 Å². The average Bonchev–Trinajstić information content (AvgIpc) is 2.70.